The summed E-state index contributed by atoms with van der Waals surface area (Å²) in [4.78, 5) is 14.1. The standard InChI is InChI=1S/C11H12N2O4/c14-13(15)7-5-10-11(12-6-7)17-9-4-2-1-3-8(9)16-10/h5-6,8-9H,1-4H2/t8-,9?/m1/s1. The SMILES string of the molecule is O=[N+]([O-])c1cnc2c(c1)O[C@@H]1CCCCC1O2. The van der Waals surface area contributed by atoms with Gasteiger partial charge in [0.1, 0.15) is 18.4 Å². The van der Waals surface area contributed by atoms with Gasteiger partial charge in [-0.1, -0.05) is 0 Å². The molecule has 2 atom stereocenters. The first-order chi connectivity index (χ1) is 8.24. The number of nitrogens with zero attached hydrogens (tertiary/aromatic N) is 2. The number of aromatic nitrogens is 1. The lowest BCUT2D eigenvalue weighted by Gasteiger charge is -2.35. The van der Waals surface area contributed by atoms with Crippen LogP contribution in [0.5, 0.6) is 11.6 Å². The fraction of sp³-hybridized carbons (Fsp3) is 0.545. The molecule has 3 rings (SSSR count). The lowest BCUT2D eigenvalue weighted by Crippen LogP contribution is -2.42. The molecular formula is C11H12N2O4. The molecule has 17 heavy (non-hydrogen) atoms. The van der Waals surface area contributed by atoms with Gasteiger partial charge in [-0.25, -0.2) is 4.98 Å². The molecule has 1 unspecified atom stereocenters. The monoisotopic (exact) mass is 236 g/mol. The number of nitro groups is 1. The van der Waals surface area contributed by atoms with E-state index in [9.17, 15) is 10.1 Å². The van der Waals surface area contributed by atoms with Gasteiger partial charge in [0.15, 0.2) is 5.75 Å². The molecule has 0 saturated heterocycles. The first kappa shape index (κ1) is 10.3. The van der Waals surface area contributed by atoms with Gasteiger partial charge in [0, 0.05) is 0 Å². The van der Waals surface area contributed by atoms with Crippen molar-refractivity contribution in [3.05, 3.63) is 22.4 Å². The Balaban J connectivity index is 1.91. The van der Waals surface area contributed by atoms with Gasteiger partial charge < -0.3 is 9.47 Å². The van der Waals surface area contributed by atoms with Crippen molar-refractivity contribution in [2.75, 3.05) is 0 Å². The maximum absolute atomic E-state index is 10.6. The Morgan fingerprint density at radius 3 is 2.71 bits per heavy atom. The molecule has 1 saturated carbocycles. The summed E-state index contributed by atoms with van der Waals surface area (Å²) in [6.45, 7) is 0. The van der Waals surface area contributed by atoms with Crippen LogP contribution in [-0.2, 0) is 0 Å². The summed E-state index contributed by atoms with van der Waals surface area (Å²) < 4.78 is 11.4. The van der Waals surface area contributed by atoms with Crippen LogP contribution in [0.15, 0.2) is 12.3 Å². The molecule has 1 aromatic heterocycles. The molecule has 0 amide bonds. The fourth-order valence-electron chi connectivity index (χ4n) is 2.33. The van der Waals surface area contributed by atoms with Gasteiger partial charge >= 0.3 is 0 Å². The van der Waals surface area contributed by atoms with Crippen LogP contribution in [-0.4, -0.2) is 22.1 Å². The maximum atomic E-state index is 10.6. The van der Waals surface area contributed by atoms with Crippen molar-refractivity contribution in [1.82, 2.24) is 4.98 Å². The lowest BCUT2D eigenvalue weighted by atomic mass is 9.94. The zero-order valence-electron chi connectivity index (χ0n) is 9.17. The van der Waals surface area contributed by atoms with E-state index in [0.29, 0.717) is 11.6 Å². The molecule has 1 aromatic rings. The lowest BCUT2D eigenvalue weighted by molar-refractivity contribution is -0.385. The Labute approximate surface area is 97.7 Å². The van der Waals surface area contributed by atoms with Gasteiger partial charge in [0.25, 0.3) is 11.6 Å². The highest BCUT2D eigenvalue weighted by Gasteiger charge is 2.35. The molecule has 6 heteroatoms. The molecule has 1 fully saturated rings. The Hall–Kier alpha value is -1.85. The van der Waals surface area contributed by atoms with E-state index < -0.39 is 4.92 Å². The highest BCUT2D eigenvalue weighted by Crippen LogP contribution is 2.38. The number of fused-ring (bicyclic) bond motifs is 2. The van der Waals surface area contributed by atoms with Gasteiger partial charge in [-0.2, -0.15) is 0 Å². The second-order valence-corrected chi connectivity index (χ2v) is 4.35. The van der Waals surface area contributed by atoms with Crippen molar-refractivity contribution >= 4 is 5.69 Å². The molecule has 2 heterocycles. The van der Waals surface area contributed by atoms with Gasteiger partial charge in [-0.3, -0.25) is 10.1 Å². The smallest absolute Gasteiger partial charge is 0.291 e. The number of rotatable bonds is 1. The van der Waals surface area contributed by atoms with E-state index in [-0.39, 0.29) is 17.9 Å². The van der Waals surface area contributed by atoms with E-state index in [1.165, 1.54) is 12.3 Å². The van der Waals surface area contributed by atoms with Crippen LogP contribution in [0.2, 0.25) is 0 Å². The molecule has 0 N–H and O–H groups in total. The molecular weight excluding hydrogens is 224 g/mol. The molecule has 0 spiro atoms. The second-order valence-electron chi connectivity index (χ2n) is 4.35. The molecule has 2 aliphatic rings. The molecule has 0 radical (unpaired) electrons. The topological polar surface area (TPSA) is 74.5 Å². The number of pyridine rings is 1. The van der Waals surface area contributed by atoms with Crippen LogP contribution in [0.3, 0.4) is 0 Å². The molecule has 0 bridgehead atoms. The highest BCUT2D eigenvalue weighted by molar-refractivity contribution is 5.43. The van der Waals surface area contributed by atoms with Crippen molar-refractivity contribution in [1.29, 1.82) is 0 Å². The maximum Gasteiger partial charge on any atom is 0.291 e. The summed E-state index contributed by atoms with van der Waals surface area (Å²) in [6.07, 6.45) is 5.40. The van der Waals surface area contributed by atoms with E-state index in [0.717, 1.165) is 25.7 Å². The predicted molar refractivity (Wildman–Crippen MR) is 58.2 cm³/mol. The van der Waals surface area contributed by atoms with Crippen LogP contribution in [0.4, 0.5) is 5.69 Å². The number of ether oxygens (including phenoxy) is 2. The van der Waals surface area contributed by atoms with Crippen molar-refractivity contribution in [3.8, 4) is 11.6 Å². The number of hydrogen-bond donors (Lipinski definition) is 0. The molecule has 1 aliphatic heterocycles. The Morgan fingerprint density at radius 2 is 2.00 bits per heavy atom. The van der Waals surface area contributed by atoms with Crippen LogP contribution in [0.1, 0.15) is 25.7 Å². The third-order valence-corrected chi connectivity index (χ3v) is 3.20. The fourth-order valence-corrected chi connectivity index (χ4v) is 2.33. The van der Waals surface area contributed by atoms with Crippen molar-refractivity contribution < 1.29 is 14.4 Å². The van der Waals surface area contributed by atoms with Crippen molar-refractivity contribution in [2.45, 2.75) is 37.9 Å². The third-order valence-electron chi connectivity index (χ3n) is 3.20. The quantitative estimate of drug-likeness (QED) is 0.551. The average molecular weight is 236 g/mol. The van der Waals surface area contributed by atoms with Crippen LogP contribution >= 0.6 is 0 Å². The van der Waals surface area contributed by atoms with Gasteiger partial charge in [0.2, 0.25) is 0 Å². The summed E-state index contributed by atoms with van der Waals surface area (Å²) in [6, 6.07) is 1.38. The van der Waals surface area contributed by atoms with Crippen molar-refractivity contribution in [3.63, 3.8) is 0 Å². The van der Waals surface area contributed by atoms with E-state index in [2.05, 4.69) is 4.98 Å². The predicted octanol–water partition coefficient (Wildman–Crippen LogP) is 2.07. The van der Waals surface area contributed by atoms with Crippen molar-refractivity contribution in [2.24, 2.45) is 0 Å². The summed E-state index contributed by atoms with van der Waals surface area (Å²) in [5.41, 5.74) is -0.0680. The van der Waals surface area contributed by atoms with Crippen LogP contribution in [0, 0.1) is 10.1 Å². The van der Waals surface area contributed by atoms with Crippen LogP contribution < -0.4 is 9.47 Å². The molecule has 6 nitrogen and oxygen atoms in total. The van der Waals surface area contributed by atoms with E-state index in [4.69, 9.17) is 9.47 Å². The summed E-state index contributed by atoms with van der Waals surface area (Å²) >= 11 is 0. The van der Waals surface area contributed by atoms with E-state index >= 15 is 0 Å². The minimum absolute atomic E-state index is 0.0139. The first-order valence-corrected chi connectivity index (χ1v) is 5.72. The molecule has 0 aromatic carbocycles. The normalized spacial score (nSPS) is 26.1. The summed E-state index contributed by atoms with van der Waals surface area (Å²) in [7, 11) is 0. The van der Waals surface area contributed by atoms with E-state index in [1.54, 1.807) is 0 Å². The van der Waals surface area contributed by atoms with Gasteiger partial charge in [-0.15, -0.1) is 0 Å². The molecule has 90 valence electrons. The highest BCUT2D eigenvalue weighted by atomic mass is 16.6. The zero-order valence-corrected chi connectivity index (χ0v) is 9.17. The summed E-state index contributed by atoms with van der Waals surface area (Å²) in [5, 5.41) is 10.6. The van der Waals surface area contributed by atoms with Gasteiger partial charge in [-0.05, 0) is 25.7 Å². The Morgan fingerprint density at radius 1 is 1.29 bits per heavy atom. The second kappa shape index (κ2) is 3.87. The Kier molecular flexibility index (Phi) is 2.35. The summed E-state index contributed by atoms with van der Waals surface area (Å²) in [5.74, 6) is 0.765. The Bertz CT molecular complexity index is 463. The zero-order chi connectivity index (χ0) is 11.8. The van der Waals surface area contributed by atoms with Gasteiger partial charge in [0.05, 0.1) is 11.0 Å². The van der Waals surface area contributed by atoms with E-state index in [1.807, 2.05) is 0 Å². The third kappa shape index (κ3) is 1.79. The minimum Gasteiger partial charge on any atom is -0.481 e. The largest absolute Gasteiger partial charge is 0.481 e. The minimum atomic E-state index is -0.483. The number of hydrogen-bond acceptors (Lipinski definition) is 5. The van der Waals surface area contributed by atoms with Crippen LogP contribution in [0.25, 0.3) is 0 Å². The average Bonchev–Trinajstić information content (AvgIpc) is 2.35. The first-order valence-electron chi connectivity index (χ1n) is 5.72. The molecule has 1 aliphatic carbocycles.